The number of rotatable bonds is 5. The molecule has 1 aliphatic carbocycles. The quantitative estimate of drug-likeness (QED) is 0.834. The average molecular weight is 301 g/mol. The summed E-state index contributed by atoms with van der Waals surface area (Å²) in [4.78, 5) is 11.1. The zero-order chi connectivity index (χ0) is 15.1. The van der Waals surface area contributed by atoms with Crippen LogP contribution in [-0.2, 0) is 21.9 Å². The minimum atomic E-state index is -3.76. The Kier molecular flexibility index (Phi) is 3.64. The van der Waals surface area contributed by atoms with E-state index in [1.54, 1.807) is 20.9 Å². The molecule has 0 radical (unpaired) electrons. The van der Waals surface area contributed by atoms with E-state index in [-0.39, 0.29) is 11.3 Å². The van der Waals surface area contributed by atoms with Crippen LogP contribution in [0.2, 0.25) is 0 Å². The van der Waals surface area contributed by atoms with E-state index in [2.05, 4.69) is 9.82 Å². The van der Waals surface area contributed by atoms with Crippen molar-refractivity contribution < 1.29 is 18.3 Å². The van der Waals surface area contributed by atoms with E-state index in [1.807, 2.05) is 0 Å². The number of aromatic nitrogens is 2. The van der Waals surface area contributed by atoms with Gasteiger partial charge in [0.05, 0.1) is 17.8 Å². The number of aliphatic carboxylic acids is 1. The van der Waals surface area contributed by atoms with Crippen LogP contribution in [0, 0.1) is 13.8 Å². The van der Waals surface area contributed by atoms with Crippen LogP contribution in [0.3, 0.4) is 0 Å². The first-order valence-electron chi connectivity index (χ1n) is 6.43. The molecule has 1 saturated carbocycles. The molecule has 0 bridgehead atoms. The zero-order valence-corrected chi connectivity index (χ0v) is 12.6. The van der Waals surface area contributed by atoms with Crippen LogP contribution in [0.15, 0.2) is 4.90 Å². The first-order chi connectivity index (χ1) is 9.17. The Hall–Kier alpha value is -1.41. The summed E-state index contributed by atoms with van der Waals surface area (Å²) in [6.45, 7) is 3.31. The molecule has 1 aromatic rings. The summed E-state index contributed by atoms with van der Waals surface area (Å²) in [6.07, 6.45) is 1.75. The first-order valence-corrected chi connectivity index (χ1v) is 7.91. The van der Waals surface area contributed by atoms with E-state index in [0.29, 0.717) is 24.2 Å². The highest BCUT2D eigenvalue weighted by Crippen LogP contribution is 2.36. The average Bonchev–Trinajstić information content (AvgIpc) is 2.49. The Balaban J connectivity index is 2.34. The van der Waals surface area contributed by atoms with Crippen molar-refractivity contribution in [1.82, 2.24) is 14.5 Å². The van der Waals surface area contributed by atoms with Crippen LogP contribution in [0.4, 0.5) is 0 Å². The first kappa shape index (κ1) is 15.0. The molecule has 0 aliphatic heterocycles. The standard InChI is InChI=1S/C12H19N3O4S/c1-8-11(9(2)15(3)13-8)20(18,19)14-12(5-4-6-12)7-10(16)17/h14H,4-7H2,1-3H3,(H,16,17). The summed E-state index contributed by atoms with van der Waals surface area (Å²) in [5, 5.41) is 13.0. The third-order valence-corrected chi connectivity index (χ3v) is 5.69. The number of hydrogen-bond acceptors (Lipinski definition) is 4. The van der Waals surface area contributed by atoms with Gasteiger partial charge in [0.15, 0.2) is 0 Å². The van der Waals surface area contributed by atoms with Crippen LogP contribution in [0.1, 0.15) is 37.1 Å². The SMILES string of the molecule is Cc1nn(C)c(C)c1S(=O)(=O)NC1(CC(=O)O)CCC1. The summed E-state index contributed by atoms with van der Waals surface area (Å²) in [7, 11) is -2.08. The fourth-order valence-corrected chi connectivity index (χ4v) is 4.59. The lowest BCUT2D eigenvalue weighted by Gasteiger charge is -2.40. The topological polar surface area (TPSA) is 101 Å². The molecule has 1 heterocycles. The van der Waals surface area contributed by atoms with Crippen LogP contribution in [-0.4, -0.2) is 34.8 Å². The monoisotopic (exact) mass is 301 g/mol. The second-order valence-corrected chi connectivity index (χ2v) is 7.05. The molecular formula is C12H19N3O4S. The van der Waals surface area contributed by atoms with Gasteiger partial charge in [0, 0.05) is 12.6 Å². The van der Waals surface area contributed by atoms with Gasteiger partial charge in [0.1, 0.15) is 4.90 Å². The van der Waals surface area contributed by atoms with Crippen molar-refractivity contribution in [3.63, 3.8) is 0 Å². The van der Waals surface area contributed by atoms with Gasteiger partial charge >= 0.3 is 5.97 Å². The lowest BCUT2D eigenvalue weighted by atomic mass is 9.75. The van der Waals surface area contributed by atoms with Gasteiger partial charge in [0.25, 0.3) is 0 Å². The van der Waals surface area contributed by atoms with Gasteiger partial charge in [-0.15, -0.1) is 0 Å². The maximum Gasteiger partial charge on any atom is 0.305 e. The molecule has 1 aliphatic rings. The fourth-order valence-electron chi connectivity index (χ4n) is 2.69. The lowest BCUT2D eigenvalue weighted by Crippen LogP contribution is -2.54. The van der Waals surface area contributed by atoms with Crippen molar-refractivity contribution in [1.29, 1.82) is 0 Å². The molecule has 0 atom stereocenters. The lowest BCUT2D eigenvalue weighted by molar-refractivity contribution is -0.139. The largest absolute Gasteiger partial charge is 0.481 e. The summed E-state index contributed by atoms with van der Waals surface area (Å²) >= 11 is 0. The van der Waals surface area contributed by atoms with Gasteiger partial charge in [0.2, 0.25) is 10.0 Å². The van der Waals surface area contributed by atoms with Gasteiger partial charge in [-0.1, -0.05) is 0 Å². The highest BCUT2D eigenvalue weighted by atomic mass is 32.2. The Morgan fingerprint density at radius 2 is 2.05 bits per heavy atom. The highest BCUT2D eigenvalue weighted by Gasteiger charge is 2.43. The van der Waals surface area contributed by atoms with Gasteiger partial charge in [-0.25, -0.2) is 13.1 Å². The minimum absolute atomic E-state index is 0.150. The number of aryl methyl sites for hydroxylation is 2. The summed E-state index contributed by atoms with van der Waals surface area (Å²) in [6, 6.07) is 0. The number of carboxylic acid groups (broad SMARTS) is 1. The molecule has 2 rings (SSSR count). The van der Waals surface area contributed by atoms with Crippen molar-refractivity contribution in [2.24, 2.45) is 7.05 Å². The fraction of sp³-hybridized carbons (Fsp3) is 0.667. The van der Waals surface area contributed by atoms with Crippen molar-refractivity contribution in [2.75, 3.05) is 0 Å². The van der Waals surface area contributed by atoms with Gasteiger partial charge in [-0.2, -0.15) is 5.10 Å². The van der Waals surface area contributed by atoms with E-state index in [0.717, 1.165) is 6.42 Å². The second kappa shape index (κ2) is 4.85. The summed E-state index contributed by atoms with van der Waals surface area (Å²) in [5.74, 6) is -0.993. The molecule has 0 aromatic carbocycles. The number of sulfonamides is 1. The number of carboxylic acids is 1. The third-order valence-electron chi connectivity index (χ3n) is 3.86. The molecule has 8 heteroatoms. The summed E-state index contributed by atoms with van der Waals surface area (Å²) < 4.78 is 29.1. The van der Waals surface area contributed by atoms with E-state index < -0.39 is 21.5 Å². The Morgan fingerprint density at radius 1 is 1.45 bits per heavy atom. The van der Waals surface area contributed by atoms with E-state index in [1.165, 1.54) is 4.68 Å². The normalized spacial score (nSPS) is 17.8. The molecule has 20 heavy (non-hydrogen) atoms. The Morgan fingerprint density at radius 3 is 2.40 bits per heavy atom. The number of carbonyl (C=O) groups is 1. The molecule has 7 nitrogen and oxygen atoms in total. The van der Waals surface area contributed by atoms with E-state index in [9.17, 15) is 13.2 Å². The molecule has 0 saturated heterocycles. The maximum atomic E-state index is 12.5. The number of nitrogens with zero attached hydrogens (tertiary/aromatic N) is 2. The van der Waals surface area contributed by atoms with Gasteiger partial charge in [-0.05, 0) is 33.1 Å². The van der Waals surface area contributed by atoms with Crippen molar-refractivity contribution >= 4 is 16.0 Å². The summed E-state index contributed by atoms with van der Waals surface area (Å²) in [5.41, 5.74) is 0.112. The molecule has 0 spiro atoms. The zero-order valence-electron chi connectivity index (χ0n) is 11.8. The molecule has 0 unspecified atom stereocenters. The predicted molar refractivity (Wildman–Crippen MR) is 71.8 cm³/mol. The molecule has 2 N–H and O–H groups in total. The predicted octanol–water partition coefficient (Wildman–Crippen LogP) is 0.713. The Labute approximate surface area is 118 Å². The van der Waals surface area contributed by atoms with Crippen LogP contribution >= 0.6 is 0 Å². The molecule has 1 fully saturated rings. The highest BCUT2D eigenvalue weighted by molar-refractivity contribution is 7.89. The van der Waals surface area contributed by atoms with Crippen LogP contribution in [0.25, 0.3) is 0 Å². The third kappa shape index (κ3) is 2.57. The van der Waals surface area contributed by atoms with Gasteiger partial charge < -0.3 is 5.11 Å². The minimum Gasteiger partial charge on any atom is -0.481 e. The smallest absolute Gasteiger partial charge is 0.305 e. The number of nitrogens with one attached hydrogen (secondary N) is 1. The molecule has 1 aromatic heterocycles. The van der Waals surface area contributed by atoms with E-state index in [4.69, 9.17) is 5.11 Å². The van der Waals surface area contributed by atoms with E-state index >= 15 is 0 Å². The van der Waals surface area contributed by atoms with Crippen LogP contribution < -0.4 is 4.72 Å². The number of hydrogen-bond donors (Lipinski definition) is 2. The van der Waals surface area contributed by atoms with Crippen LogP contribution in [0.5, 0.6) is 0 Å². The maximum absolute atomic E-state index is 12.5. The van der Waals surface area contributed by atoms with Crippen molar-refractivity contribution in [2.45, 2.75) is 50.0 Å². The molecule has 0 amide bonds. The van der Waals surface area contributed by atoms with Crippen molar-refractivity contribution in [3.8, 4) is 0 Å². The molecule has 112 valence electrons. The second-order valence-electron chi connectivity index (χ2n) is 5.43. The van der Waals surface area contributed by atoms with Gasteiger partial charge in [-0.3, -0.25) is 9.48 Å². The van der Waals surface area contributed by atoms with Crippen molar-refractivity contribution in [3.05, 3.63) is 11.4 Å². The molecular weight excluding hydrogens is 282 g/mol. The Bertz CT molecular complexity index is 644.